The van der Waals surface area contributed by atoms with Gasteiger partial charge in [-0.2, -0.15) is 0 Å². The Morgan fingerprint density at radius 3 is 2.74 bits per heavy atom. The number of carbonyl (C=O) groups is 1. The van der Waals surface area contributed by atoms with Crippen LogP contribution in [0.4, 0.5) is 4.39 Å². The van der Waals surface area contributed by atoms with Crippen molar-refractivity contribution < 1.29 is 13.9 Å². The van der Waals surface area contributed by atoms with Gasteiger partial charge in [0.1, 0.15) is 0 Å². The van der Waals surface area contributed by atoms with Crippen LogP contribution in [-0.4, -0.2) is 43.3 Å². The molecule has 3 rings (SSSR count). The highest BCUT2D eigenvalue weighted by Gasteiger charge is 2.50. The van der Waals surface area contributed by atoms with Crippen molar-refractivity contribution in [3.63, 3.8) is 0 Å². The molecule has 2 bridgehead atoms. The Balaban J connectivity index is 1.88. The number of alkyl halides is 1. The minimum Gasteiger partial charge on any atom is -0.469 e. The molecule has 2 aliphatic heterocycles. The topological polar surface area (TPSA) is 29.5 Å². The van der Waals surface area contributed by atoms with Crippen LogP contribution in [0, 0.1) is 9.49 Å². The largest absolute Gasteiger partial charge is 0.469 e. The van der Waals surface area contributed by atoms with Crippen molar-refractivity contribution >= 4 is 28.6 Å². The predicted octanol–water partition coefficient (Wildman–Crippen LogP) is 3.76. The number of benzene rings is 1. The van der Waals surface area contributed by atoms with Crippen molar-refractivity contribution in [1.82, 2.24) is 4.90 Å². The van der Waals surface area contributed by atoms with Crippen LogP contribution in [0.25, 0.3) is 0 Å². The van der Waals surface area contributed by atoms with Gasteiger partial charge in [-0.05, 0) is 66.0 Å². The summed E-state index contributed by atoms with van der Waals surface area (Å²) in [6.45, 7) is 0.456. The van der Waals surface area contributed by atoms with E-state index in [1.54, 1.807) is 0 Å². The number of carbonyl (C=O) groups excluding carboxylic acids is 1. The standard InChI is InChI=1S/C18H23FINO2/c1-23-18(22)17-15(12-3-5-13(20)6-4-12)11-14-7-8-16(17)21(14)10-2-9-19/h3-6,14-17H,2,7-11H2,1H3/t14?,15-,16-,17+/m1/s1. The van der Waals surface area contributed by atoms with Crippen molar-refractivity contribution in [2.45, 2.75) is 43.7 Å². The zero-order valence-electron chi connectivity index (χ0n) is 13.4. The highest BCUT2D eigenvalue weighted by atomic mass is 127. The van der Waals surface area contributed by atoms with Crippen molar-refractivity contribution in [2.75, 3.05) is 20.3 Å². The predicted molar refractivity (Wildman–Crippen MR) is 96.1 cm³/mol. The second kappa shape index (κ2) is 7.47. The van der Waals surface area contributed by atoms with Crippen LogP contribution in [-0.2, 0) is 9.53 Å². The minimum absolute atomic E-state index is 0.121. The number of ether oxygens (including phenoxy) is 1. The number of hydrogen-bond acceptors (Lipinski definition) is 3. The fourth-order valence-corrected chi connectivity index (χ4v) is 4.77. The molecule has 3 nitrogen and oxygen atoms in total. The summed E-state index contributed by atoms with van der Waals surface area (Å²) in [6, 6.07) is 9.13. The average Bonchev–Trinajstić information content (AvgIpc) is 2.84. The number of rotatable bonds is 5. The zero-order chi connectivity index (χ0) is 16.4. The average molecular weight is 431 g/mol. The molecule has 0 N–H and O–H groups in total. The Bertz CT molecular complexity index is 550. The van der Waals surface area contributed by atoms with Gasteiger partial charge >= 0.3 is 5.97 Å². The number of methoxy groups -OCH3 is 1. The van der Waals surface area contributed by atoms with Gasteiger partial charge in [-0.1, -0.05) is 12.1 Å². The van der Waals surface area contributed by atoms with Crippen molar-refractivity contribution in [3.05, 3.63) is 33.4 Å². The first kappa shape index (κ1) is 17.1. The van der Waals surface area contributed by atoms with E-state index in [1.807, 2.05) is 0 Å². The summed E-state index contributed by atoms with van der Waals surface area (Å²) in [5.41, 5.74) is 1.22. The van der Waals surface area contributed by atoms with Gasteiger partial charge in [-0.25, -0.2) is 0 Å². The normalized spacial score (nSPS) is 30.4. The van der Waals surface area contributed by atoms with Crippen molar-refractivity contribution in [2.24, 2.45) is 5.92 Å². The summed E-state index contributed by atoms with van der Waals surface area (Å²) >= 11 is 2.30. The lowest BCUT2D eigenvalue weighted by molar-refractivity contribution is -0.150. The van der Waals surface area contributed by atoms with Crippen LogP contribution in [0.2, 0.25) is 0 Å². The summed E-state index contributed by atoms with van der Waals surface area (Å²) in [5.74, 6) is -0.0545. The molecule has 126 valence electrons. The lowest BCUT2D eigenvalue weighted by atomic mass is 9.76. The van der Waals surface area contributed by atoms with Gasteiger partial charge in [0.05, 0.1) is 19.7 Å². The number of fused-ring (bicyclic) bond motifs is 2. The molecule has 0 aromatic heterocycles. The summed E-state index contributed by atoms with van der Waals surface area (Å²) in [6.07, 6.45) is 3.63. The van der Waals surface area contributed by atoms with Gasteiger partial charge < -0.3 is 4.74 Å². The first-order chi connectivity index (χ1) is 11.2. The first-order valence-electron chi connectivity index (χ1n) is 8.30. The Labute approximate surface area is 150 Å². The summed E-state index contributed by atoms with van der Waals surface area (Å²) in [7, 11) is 1.47. The van der Waals surface area contributed by atoms with E-state index in [4.69, 9.17) is 4.74 Å². The third-order valence-electron chi connectivity index (χ3n) is 5.39. The quantitative estimate of drug-likeness (QED) is 0.526. The summed E-state index contributed by atoms with van der Waals surface area (Å²) in [5, 5.41) is 0. The van der Waals surface area contributed by atoms with Crippen molar-refractivity contribution in [3.8, 4) is 0 Å². The molecular weight excluding hydrogens is 408 g/mol. The van der Waals surface area contributed by atoms with E-state index in [0.29, 0.717) is 12.5 Å². The van der Waals surface area contributed by atoms with Gasteiger partial charge in [0.2, 0.25) is 0 Å². The molecule has 0 radical (unpaired) electrons. The van der Waals surface area contributed by atoms with Crippen LogP contribution in [0.1, 0.15) is 37.2 Å². The van der Waals surface area contributed by atoms with Crippen LogP contribution in [0.15, 0.2) is 24.3 Å². The molecule has 4 atom stereocenters. The van der Waals surface area contributed by atoms with Gasteiger partial charge in [0.15, 0.2) is 0 Å². The second-order valence-electron chi connectivity index (χ2n) is 6.52. The van der Waals surface area contributed by atoms with Crippen LogP contribution in [0.3, 0.4) is 0 Å². The Morgan fingerprint density at radius 2 is 2.09 bits per heavy atom. The third-order valence-corrected chi connectivity index (χ3v) is 6.11. The van der Waals surface area contributed by atoms with E-state index in [-0.39, 0.29) is 30.5 Å². The first-order valence-corrected chi connectivity index (χ1v) is 9.38. The van der Waals surface area contributed by atoms with Crippen LogP contribution in [0.5, 0.6) is 0 Å². The SMILES string of the molecule is COC(=O)[C@H]1[C@@H](c2ccc(I)cc2)CC2CC[C@H]1N2CCCF. The molecule has 2 heterocycles. The Hall–Kier alpha value is -0.690. The maximum absolute atomic E-state index is 12.6. The third kappa shape index (κ3) is 3.40. The molecular formula is C18H23FINO2. The smallest absolute Gasteiger partial charge is 0.310 e. The fraction of sp³-hybridized carbons (Fsp3) is 0.611. The fourth-order valence-electron chi connectivity index (χ4n) is 4.41. The monoisotopic (exact) mass is 431 g/mol. The van der Waals surface area contributed by atoms with E-state index in [0.717, 1.165) is 25.8 Å². The molecule has 2 aliphatic rings. The zero-order valence-corrected chi connectivity index (χ0v) is 15.5. The molecule has 1 aromatic carbocycles. The van der Waals surface area contributed by atoms with E-state index < -0.39 is 0 Å². The molecule has 1 unspecified atom stereocenters. The lowest BCUT2D eigenvalue weighted by Crippen LogP contribution is -2.51. The maximum Gasteiger partial charge on any atom is 0.310 e. The molecule has 2 fully saturated rings. The molecule has 23 heavy (non-hydrogen) atoms. The molecule has 2 saturated heterocycles. The molecule has 0 spiro atoms. The minimum atomic E-state index is -0.292. The van der Waals surface area contributed by atoms with E-state index in [1.165, 1.54) is 16.2 Å². The number of halogens is 2. The van der Waals surface area contributed by atoms with Crippen LogP contribution >= 0.6 is 22.6 Å². The van der Waals surface area contributed by atoms with Gasteiger partial charge in [-0.3, -0.25) is 14.1 Å². The lowest BCUT2D eigenvalue weighted by Gasteiger charge is -2.43. The maximum atomic E-state index is 12.6. The highest BCUT2D eigenvalue weighted by molar-refractivity contribution is 14.1. The molecule has 5 heteroatoms. The van der Waals surface area contributed by atoms with Gasteiger partial charge in [-0.15, -0.1) is 0 Å². The molecule has 0 amide bonds. The van der Waals surface area contributed by atoms with E-state index in [2.05, 4.69) is 51.8 Å². The van der Waals surface area contributed by atoms with Gasteiger partial charge in [0.25, 0.3) is 0 Å². The van der Waals surface area contributed by atoms with Gasteiger partial charge in [0, 0.05) is 28.1 Å². The van der Waals surface area contributed by atoms with E-state index >= 15 is 0 Å². The second-order valence-corrected chi connectivity index (χ2v) is 7.77. The Kier molecular flexibility index (Phi) is 5.57. The molecule has 0 saturated carbocycles. The Morgan fingerprint density at radius 1 is 1.35 bits per heavy atom. The van der Waals surface area contributed by atoms with Crippen LogP contribution < -0.4 is 0 Å². The van der Waals surface area contributed by atoms with E-state index in [9.17, 15) is 9.18 Å². The molecule has 1 aromatic rings. The number of esters is 1. The van der Waals surface area contributed by atoms with Crippen molar-refractivity contribution in [1.29, 1.82) is 0 Å². The number of piperidine rings is 1. The number of nitrogens with zero attached hydrogens (tertiary/aromatic N) is 1. The summed E-state index contributed by atoms with van der Waals surface area (Å²) < 4.78 is 18.9. The highest BCUT2D eigenvalue weighted by Crippen LogP contribution is 2.47. The summed E-state index contributed by atoms with van der Waals surface area (Å²) in [4.78, 5) is 14.9. The molecule has 0 aliphatic carbocycles. The number of hydrogen-bond donors (Lipinski definition) is 0.